The van der Waals surface area contributed by atoms with Crippen molar-refractivity contribution in [1.29, 1.82) is 0 Å². The summed E-state index contributed by atoms with van der Waals surface area (Å²) < 4.78 is 20.3. The number of anilines is 2. The Morgan fingerprint density at radius 3 is 2.52 bits per heavy atom. The second kappa shape index (κ2) is 8.01. The Morgan fingerprint density at radius 1 is 1.24 bits per heavy atom. The number of hydrogen-bond acceptors (Lipinski definition) is 6. The van der Waals surface area contributed by atoms with Gasteiger partial charge in [-0.25, -0.2) is 14.4 Å². The van der Waals surface area contributed by atoms with Crippen LogP contribution < -0.4 is 10.2 Å². The van der Waals surface area contributed by atoms with Gasteiger partial charge in [-0.1, -0.05) is 6.07 Å². The van der Waals surface area contributed by atoms with Crippen LogP contribution in [0, 0.1) is 5.82 Å². The molecule has 1 aliphatic rings. The van der Waals surface area contributed by atoms with Gasteiger partial charge in [0.1, 0.15) is 5.82 Å². The molecule has 0 bridgehead atoms. The van der Waals surface area contributed by atoms with Gasteiger partial charge in [-0.15, -0.1) is 11.8 Å². The Bertz CT molecular complexity index is 703. The summed E-state index contributed by atoms with van der Waals surface area (Å²) in [6.45, 7) is 5.91. The molecule has 0 radical (unpaired) electrons. The van der Waals surface area contributed by atoms with Gasteiger partial charge in [0.2, 0.25) is 5.95 Å². The molecule has 1 aromatic carbocycles. The Morgan fingerprint density at radius 2 is 1.92 bits per heavy atom. The number of hydrogen-bond donors (Lipinski definition) is 1. The number of ether oxygens (including phenoxy) is 1. The second-order valence-electron chi connectivity index (χ2n) is 6.25. The molecule has 25 heavy (non-hydrogen) atoms. The second-order valence-corrected chi connectivity index (χ2v) is 7.13. The molecule has 0 saturated carbocycles. The van der Waals surface area contributed by atoms with Crippen LogP contribution in [0.15, 0.2) is 35.5 Å². The van der Waals surface area contributed by atoms with E-state index in [0.717, 1.165) is 10.5 Å². The van der Waals surface area contributed by atoms with Gasteiger partial charge < -0.3 is 15.0 Å². The lowest BCUT2D eigenvalue weighted by Crippen LogP contribution is -2.45. The lowest BCUT2D eigenvalue weighted by Gasteiger charge is -2.37. The lowest BCUT2D eigenvalue weighted by molar-refractivity contribution is -0.00539. The first kappa shape index (κ1) is 17.9. The van der Waals surface area contributed by atoms with Crippen LogP contribution in [-0.4, -0.2) is 41.5 Å². The van der Waals surface area contributed by atoms with Gasteiger partial charge in [-0.05, 0) is 37.8 Å². The minimum atomic E-state index is -0.209. The number of rotatable bonds is 5. The SMILES string of the molecule is CSc1cnc(NCc2ccc(N3C[C@H](C)O[C@@H](C)C3)c(F)c2)nc1. The molecule has 0 spiro atoms. The highest BCUT2D eigenvalue weighted by molar-refractivity contribution is 7.98. The van der Waals surface area contributed by atoms with Crippen molar-refractivity contribution in [1.82, 2.24) is 9.97 Å². The molecule has 7 heteroatoms. The molecule has 1 aliphatic heterocycles. The average Bonchev–Trinajstić information content (AvgIpc) is 2.59. The van der Waals surface area contributed by atoms with Gasteiger partial charge in [0.05, 0.1) is 17.9 Å². The molecule has 1 saturated heterocycles. The van der Waals surface area contributed by atoms with Crippen molar-refractivity contribution in [3.8, 4) is 0 Å². The normalized spacial score (nSPS) is 20.6. The summed E-state index contributed by atoms with van der Waals surface area (Å²) in [7, 11) is 0. The van der Waals surface area contributed by atoms with E-state index in [4.69, 9.17) is 4.74 Å². The van der Waals surface area contributed by atoms with Crippen LogP contribution in [0.25, 0.3) is 0 Å². The van der Waals surface area contributed by atoms with E-state index in [1.54, 1.807) is 30.2 Å². The smallest absolute Gasteiger partial charge is 0.222 e. The third-order valence-electron chi connectivity index (χ3n) is 4.09. The highest BCUT2D eigenvalue weighted by Gasteiger charge is 2.24. The zero-order valence-corrected chi connectivity index (χ0v) is 15.5. The molecule has 1 fully saturated rings. The molecule has 5 nitrogen and oxygen atoms in total. The third kappa shape index (κ3) is 4.61. The topological polar surface area (TPSA) is 50.3 Å². The summed E-state index contributed by atoms with van der Waals surface area (Å²) in [5.41, 5.74) is 1.49. The minimum Gasteiger partial charge on any atom is -0.372 e. The lowest BCUT2D eigenvalue weighted by atomic mass is 10.1. The fourth-order valence-electron chi connectivity index (χ4n) is 2.99. The molecule has 2 aromatic rings. The number of morpholine rings is 1. The van der Waals surface area contributed by atoms with E-state index in [-0.39, 0.29) is 18.0 Å². The monoisotopic (exact) mass is 362 g/mol. The number of aromatic nitrogens is 2. The van der Waals surface area contributed by atoms with Crippen LogP contribution in [0.5, 0.6) is 0 Å². The molecular weight excluding hydrogens is 339 g/mol. The van der Waals surface area contributed by atoms with Gasteiger partial charge in [-0.2, -0.15) is 0 Å². The van der Waals surface area contributed by atoms with E-state index in [1.165, 1.54) is 0 Å². The third-order valence-corrected chi connectivity index (χ3v) is 4.77. The van der Waals surface area contributed by atoms with Crippen LogP contribution in [0.4, 0.5) is 16.0 Å². The predicted molar refractivity (Wildman–Crippen MR) is 99.8 cm³/mol. The quantitative estimate of drug-likeness (QED) is 0.821. The fraction of sp³-hybridized carbons (Fsp3) is 0.444. The molecule has 0 amide bonds. The van der Waals surface area contributed by atoms with Crippen molar-refractivity contribution in [2.24, 2.45) is 0 Å². The van der Waals surface area contributed by atoms with Crippen molar-refractivity contribution in [2.75, 3.05) is 29.6 Å². The molecule has 1 aromatic heterocycles. The highest BCUT2D eigenvalue weighted by atomic mass is 32.2. The summed E-state index contributed by atoms with van der Waals surface area (Å²) in [4.78, 5) is 11.5. The molecule has 134 valence electrons. The zero-order chi connectivity index (χ0) is 17.8. The van der Waals surface area contributed by atoms with E-state index in [2.05, 4.69) is 20.2 Å². The van der Waals surface area contributed by atoms with Crippen LogP contribution in [0.2, 0.25) is 0 Å². The van der Waals surface area contributed by atoms with Crippen LogP contribution >= 0.6 is 11.8 Å². The largest absolute Gasteiger partial charge is 0.372 e. The van der Waals surface area contributed by atoms with E-state index < -0.39 is 0 Å². The molecule has 3 rings (SSSR count). The maximum absolute atomic E-state index is 14.6. The maximum Gasteiger partial charge on any atom is 0.222 e. The van der Waals surface area contributed by atoms with Gasteiger partial charge >= 0.3 is 0 Å². The number of nitrogens with zero attached hydrogens (tertiary/aromatic N) is 3. The number of thioether (sulfide) groups is 1. The Balaban J connectivity index is 1.65. The van der Waals surface area contributed by atoms with Gasteiger partial charge in [0.25, 0.3) is 0 Å². The molecule has 2 heterocycles. The van der Waals surface area contributed by atoms with Crippen LogP contribution in [0.1, 0.15) is 19.4 Å². The van der Waals surface area contributed by atoms with Crippen molar-refractivity contribution >= 4 is 23.4 Å². The number of halogens is 1. The van der Waals surface area contributed by atoms with E-state index in [1.807, 2.05) is 32.2 Å². The van der Waals surface area contributed by atoms with E-state index in [0.29, 0.717) is 31.3 Å². The number of nitrogens with one attached hydrogen (secondary N) is 1. The summed E-state index contributed by atoms with van der Waals surface area (Å²) in [5.74, 6) is 0.331. The maximum atomic E-state index is 14.6. The molecule has 2 atom stereocenters. The fourth-order valence-corrected chi connectivity index (χ4v) is 3.30. The Kier molecular flexibility index (Phi) is 5.75. The first-order chi connectivity index (χ1) is 12.0. The van der Waals surface area contributed by atoms with Gasteiger partial charge in [-0.3, -0.25) is 0 Å². The molecule has 0 aliphatic carbocycles. The summed E-state index contributed by atoms with van der Waals surface area (Å²) in [6.07, 6.45) is 5.72. The summed E-state index contributed by atoms with van der Waals surface area (Å²) >= 11 is 1.59. The molecule has 0 unspecified atom stereocenters. The summed E-state index contributed by atoms with van der Waals surface area (Å²) in [5, 5.41) is 3.12. The average molecular weight is 362 g/mol. The first-order valence-corrected chi connectivity index (χ1v) is 9.56. The summed E-state index contributed by atoms with van der Waals surface area (Å²) in [6, 6.07) is 5.35. The zero-order valence-electron chi connectivity index (χ0n) is 14.7. The Hall–Kier alpha value is -1.86. The van der Waals surface area contributed by atoms with Crippen LogP contribution in [0.3, 0.4) is 0 Å². The van der Waals surface area contributed by atoms with Gasteiger partial charge in [0.15, 0.2) is 0 Å². The highest BCUT2D eigenvalue weighted by Crippen LogP contribution is 2.24. The first-order valence-electron chi connectivity index (χ1n) is 8.34. The van der Waals surface area contributed by atoms with Crippen LogP contribution in [-0.2, 0) is 11.3 Å². The van der Waals surface area contributed by atoms with E-state index >= 15 is 0 Å². The Labute approximate surface area is 152 Å². The molecule has 1 N–H and O–H groups in total. The van der Waals surface area contributed by atoms with E-state index in [9.17, 15) is 4.39 Å². The predicted octanol–water partition coefficient (Wildman–Crippen LogP) is 3.56. The standard InChI is InChI=1S/C18H23FN4OS/c1-12-10-23(11-13(2)24-12)17-5-4-14(6-16(17)19)7-20-18-21-8-15(25-3)9-22-18/h4-6,8-9,12-13H,7,10-11H2,1-3H3,(H,20,21,22)/t12-,13-/m0/s1. The van der Waals surface area contributed by atoms with Crippen molar-refractivity contribution in [2.45, 2.75) is 37.5 Å². The van der Waals surface area contributed by atoms with Crippen molar-refractivity contribution in [3.05, 3.63) is 42.0 Å². The van der Waals surface area contributed by atoms with Crippen molar-refractivity contribution in [3.63, 3.8) is 0 Å². The van der Waals surface area contributed by atoms with Gasteiger partial charge in [0, 0.05) is 36.9 Å². The minimum absolute atomic E-state index is 0.103. The van der Waals surface area contributed by atoms with Crippen molar-refractivity contribution < 1.29 is 9.13 Å². The molecular formula is C18H23FN4OS. The number of benzene rings is 1.